The molecule has 112 valence electrons. The molecule has 0 fully saturated rings. The molecule has 2 N–H and O–H groups in total. The van der Waals surface area contributed by atoms with E-state index in [9.17, 15) is 10.1 Å². The number of benzene rings is 1. The largest absolute Gasteiger partial charge is 0.483 e. The van der Waals surface area contributed by atoms with Crippen LogP contribution < -0.4 is 10.5 Å². The highest BCUT2D eigenvalue weighted by Crippen LogP contribution is 2.24. The Morgan fingerprint density at radius 3 is 2.71 bits per heavy atom. The van der Waals surface area contributed by atoms with E-state index in [2.05, 4.69) is 10.1 Å². The van der Waals surface area contributed by atoms with Gasteiger partial charge in [0.1, 0.15) is 5.75 Å². The van der Waals surface area contributed by atoms with E-state index in [1.807, 2.05) is 0 Å². The molecule has 0 bridgehead atoms. The first kappa shape index (κ1) is 14.9. The second-order valence-electron chi connectivity index (χ2n) is 5.23. The number of nitrogens with two attached hydrogens (primary N) is 1. The fraction of sp³-hybridized carbons (Fsp3) is 0.385. The summed E-state index contributed by atoms with van der Waals surface area (Å²) < 4.78 is 10.6. The van der Waals surface area contributed by atoms with Crippen LogP contribution in [0.2, 0.25) is 0 Å². The van der Waals surface area contributed by atoms with Crippen molar-refractivity contribution in [3.8, 4) is 5.75 Å². The van der Waals surface area contributed by atoms with Crippen LogP contribution in [0.5, 0.6) is 5.75 Å². The van der Waals surface area contributed by atoms with E-state index in [-0.39, 0.29) is 12.3 Å². The molecule has 0 aliphatic carbocycles. The van der Waals surface area contributed by atoms with E-state index < -0.39 is 10.5 Å². The van der Waals surface area contributed by atoms with E-state index >= 15 is 0 Å². The number of hydrogen-bond donors (Lipinski definition) is 1. The van der Waals surface area contributed by atoms with Gasteiger partial charge in [-0.25, -0.2) is 0 Å². The normalized spacial score (nSPS) is 11.4. The molecule has 8 heteroatoms. The number of aryl methyl sites for hydroxylation is 1. The highest BCUT2D eigenvalue weighted by Gasteiger charge is 2.21. The molecule has 0 aliphatic heterocycles. The zero-order chi connectivity index (χ0) is 15.6. The number of nitrogens with zero attached hydrogens (tertiary/aromatic N) is 3. The molecule has 2 aromatic rings. The van der Waals surface area contributed by atoms with Gasteiger partial charge in [0.25, 0.3) is 11.6 Å². The number of ether oxygens (including phenoxy) is 1. The lowest BCUT2D eigenvalue weighted by molar-refractivity contribution is -0.384. The third kappa shape index (κ3) is 3.54. The molecule has 0 amide bonds. The van der Waals surface area contributed by atoms with Gasteiger partial charge in [0.15, 0.2) is 12.4 Å². The summed E-state index contributed by atoms with van der Waals surface area (Å²) in [5, 5.41) is 14.4. The van der Waals surface area contributed by atoms with Crippen LogP contribution in [-0.4, -0.2) is 15.1 Å². The highest BCUT2D eigenvalue weighted by atomic mass is 16.6. The van der Waals surface area contributed by atoms with Crippen molar-refractivity contribution in [2.75, 3.05) is 0 Å². The third-order valence-corrected chi connectivity index (χ3v) is 2.76. The summed E-state index contributed by atoms with van der Waals surface area (Å²) >= 11 is 0. The van der Waals surface area contributed by atoms with Crippen LogP contribution in [0.15, 0.2) is 22.7 Å². The maximum atomic E-state index is 10.7. The maximum absolute atomic E-state index is 10.7. The Balaban J connectivity index is 2.06. The van der Waals surface area contributed by atoms with Crippen LogP contribution in [0.3, 0.4) is 0 Å². The molecular weight excluding hydrogens is 276 g/mol. The van der Waals surface area contributed by atoms with Gasteiger partial charge >= 0.3 is 0 Å². The summed E-state index contributed by atoms with van der Waals surface area (Å²) in [7, 11) is 0. The Morgan fingerprint density at radius 2 is 2.19 bits per heavy atom. The van der Waals surface area contributed by atoms with Crippen molar-refractivity contribution in [2.45, 2.75) is 32.9 Å². The first-order valence-corrected chi connectivity index (χ1v) is 6.27. The van der Waals surface area contributed by atoms with Gasteiger partial charge in [0.2, 0.25) is 0 Å². The van der Waals surface area contributed by atoms with Crippen LogP contribution in [-0.2, 0) is 12.1 Å². The lowest BCUT2D eigenvalue weighted by Gasteiger charge is -2.11. The first-order valence-electron chi connectivity index (χ1n) is 6.27. The predicted octanol–water partition coefficient (Wildman–Crippen LogP) is 2.06. The third-order valence-electron chi connectivity index (χ3n) is 2.76. The minimum Gasteiger partial charge on any atom is -0.483 e. The van der Waals surface area contributed by atoms with E-state index in [4.69, 9.17) is 15.0 Å². The van der Waals surface area contributed by atoms with Gasteiger partial charge in [-0.2, -0.15) is 4.98 Å². The molecule has 1 aromatic carbocycles. The van der Waals surface area contributed by atoms with Gasteiger partial charge in [-0.3, -0.25) is 10.1 Å². The highest BCUT2D eigenvalue weighted by molar-refractivity contribution is 5.42. The minimum absolute atomic E-state index is 0.0183. The standard InChI is InChI=1S/C13H16N4O4/c1-8-6-9(17(18)19)4-5-10(8)20-7-11-15-12(16-21-11)13(2,3)14/h4-6H,7,14H2,1-3H3. The van der Waals surface area contributed by atoms with Crippen molar-refractivity contribution in [1.29, 1.82) is 0 Å². The van der Waals surface area contributed by atoms with Gasteiger partial charge in [-0.1, -0.05) is 5.16 Å². The smallest absolute Gasteiger partial charge is 0.269 e. The molecule has 8 nitrogen and oxygen atoms in total. The molecule has 0 atom stereocenters. The summed E-state index contributed by atoms with van der Waals surface area (Å²) in [6, 6.07) is 4.36. The Labute approximate surface area is 121 Å². The number of aromatic nitrogens is 2. The van der Waals surface area contributed by atoms with Crippen molar-refractivity contribution < 1.29 is 14.2 Å². The lowest BCUT2D eigenvalue weighted by atomic mass is 10.1. The second kappa shape index (κ2) is 5.49. The zero-order valence-corrected chi connectivity index (χ0v) is 12.0. The molecule has 1 heterocycles. The summed E-state index contributed by atoms with van der Waals surface area (Å²) in [6.45, 7) is 5.33. The summed E-state index contributed by atoms with van der Waals surface area (Å²) in [5.74, 6) is 1.20. The van der Waals surface area contributed by atoms with Crippen LogP contribution in [0.25, 0.3) is 0 Å². The molecule has 2 rings (SSSR count). The van der Waals surface area contributed by atoms with Crippen molar-refractivity contribution >= 4 is 5.69 Å². The molecule has 0 saturated heterocycles. The average Bonchev–Trinajstić information content (AvgIpc) is 2.85. The van der Waals surface area contributed by atoms with Gasteiger partial charge in [-0.15, -0.1) is 0 Å². The van der Waals surface area contributed by atoms with Crippen molar-refractivity contribution in [3.05, 3.63) is 45.6 Å². The van der Waals surface area contributed by atoms with Crippen molar-refractivity contribution in [2.24, 2.45) is 5.73 Å². The molecule has 0 spiro atoms. The second-order valence-corrected chi connectivity index (χ2v) is 5.23. The van der Waals surface area contributed by atoms with E-state index in [0.717, 1.165) is 0 Å². The minimum atomic E-state index is -0.689. The van der Waals surface area contributed by atoms with E-state index in [1.54, 1.807) is 20.8 Å². The Hall–Kier alpha value is -2.48. The number of hydrogen-bond acceptors (Lipinski definition) is 7. The Bertz CT molecular complexity index is 660. The van der Waals surface area contributed by atoms with Crippen LogP contribution >= 0.6 is 0 Å². The van der Waals surface area contributed by atoms with Gasteiger partial charge in [-0.05, 0) is 32.4 Å². The monoisotopic (exact) mass is 292 g/mol. The molecule has 1 aromatic heterocycles. The molecule has 0 aliphatic rings. The SMILES string of the molecule is Cc1cc([N+](=O)[O-])ccc1OCc1nc(C(C)(C)N)no1. The van der Waals surface area contributed by atoms with Gasteiger partial charge in [0, 0.05) is 12.1 Å². The van der Waals surface area contributed by atoms with Crippen LogP contribution in [0.1, 0.15) is 31.1 Å². The Kier molecular flexibility index (Phi) is 3.90. The molecular formula is C13H16N4O4. The molecule has 0 radical (unpaired) electrons. The van der Waals surface area contributed by atoms with Gasteiger partial charge < -0.3 is 15.0 Å². The quantitative estimate of drug-likeness (QED) is 0.661. The number of rotatable bonds is 5. The molecule has 0 saturated carbocycles. The molecule has 0 unspecified atom stereocenters. The van der Waals surface area contributed by atoms with E-state index in [1.165, 1.54) is 18.2 Å². The fourth-order valence-electron chi connectivity index (χ4n) is 1.62. The number of nitro groups is 1. The zero-order valence-electron chi connectivity index (χ0n) is 12.0. The maximum Gasteiger partial charge on any atom is 0.269 e. The summed E-state index contributed by atoms with van der Waals surface area (Å²) in [4.78, 5) is 14.3. The molecule has 21 heavy (non-hydrogen) atoms. The van der Waals surface area contributed by atoms with Crippen molar-refractivity contribution in [3.63, 3.8) is 0 Å². The number of nitro benzene ring substituents is 1. The van der Waals surface area contributed by atoms with Gasteiger partial charge in [0.05, 0.1) is 10.5 Å². The predicted molar refractivity (Wildman–Crippen MR) is 73.7 cm³/mol. The van der Waals surface area contributed by atoms with Crippen LogP contribution in [0.4, 0.5) is 5.69 Å². The number of non-ortho nitro benzene ring substituents is 1. The summed E-state index contributed by atoms with van der Waals surface area (Å²) in [6.07, 6.45) is 0. The average molecular weight is 292 g/mol. The summed E-state index contributed by atoms with van der Waals surface area (Å²) in [5.41, 5.74) is 5.84. The fourth-order valence-corrected chi connectivity index (χ4v) is 1.62. The topological polar surface area (TPSA) is 117 Å². The van der Waals surface area contributed by atoms with Crippen molar-refractivity contribution in [1.82, 2.24) is 10.1 Å². The Morgan fingerprint density at radius 1 is 1.48 bits per heavy atom. The first-order chi connectivity index (χ1) is 9.77. The van der Waals surface area contributed by atoms with E-state index in [0.29, 0.717) is 23.0 Å². The lowest BCUT2D eigenvalue weighted by Crippen LogP contribution is -2.30. The van der Waals surface area contributed by atoms with Crippen LogP contribution in [0, 0.1) is 17.0 Å².